The van der Waals surface area contributed by atoms with E-state index in [9.17, 15) is 9.59 Å². The first-order valence-corrected chi connectivity index (χ1v) is 9.18. The van der Waals surface area contributed by atoms with Crippen molar-refractivity contribution >= 4 is 29.3 Å². The summed E-state index contributed by atoms with van der Waals surface area (Å²) in [5.41, 5.74) is 6.75. The lowest BCUT2D eigenvalue weighted by Crippen LogP contribution is -2.38. The number of thioether (sulfide) groups is 1. The number of rotatable bonds is 8. The summed E-state index contributed by atoms with van der Waals surface area (Å²) < 4.78 is 5.14. The van der Waals surface area contributed by atoms with Crippen LogP contribution in [-0.4, -0.2) is 37.3 Å². The SMILES string of the molecule is COc1cccc(NC(=O)CSc2ccccc2C(=O)N[C@@H](C)CN)c1. The van der Waals surface area contributed by atoms with Crippen LogP contribution in [-0.2, 0) is 4.79 Å². The average Bonchev–Trinajstić information content (AvgIpc) is 2.66. The highest BCUT2D eigenvalue weighted by atomic mass is 32.2. The van der Waals surface area contributed by atoms with Gasteiger partial charge in [-0.15, -0.1) is 11.8 Å². The molecule has 138 valence electrons. The van der Waals surface area contributed by atoms with Crippen LogP contribution < -0.4 is 21.1 Å². The monoisotopic (exact) mass is 373 g/mol. The Bertz CT molecular complexity index is 767. The predicted octanol–water partition coefficient (Wildman–Crippen LogP) is 2.50. The molecule has 0 unspecified atom stereocenters. The first-order chi connectivity index (χ1) is 12.5. The van der Waals surface area contributed by atoms with Gasteiger partial charge < -0.3 is 21.1 Å². The van der Waals surface area contributed by atoms with Crippen molar-refractivity contribution in [1.29, 1.82) is 0 Å². The Labute approximate surface area is 157 Å². The van der Waals surface area contributed by atoms with Gasteiger partial charge in [-0.3, -0.25) is 9.59 Å². The minimum absolute atomic E-state index is 0.114. The van der Waals surface area contributed by atoms with Crippen molar-refractivity contribution in [1.82, 2.24) is 5.32 Å². The maximum Gasteiger partial charge on any atom is 0.252 e. The Morgan fingerprint density at radius 3 is 2.69 bits per heavy atom. The van der Waals surface area contributed by atoms with Gasteiger partial charge in [-0.25, -0.2) is 0 Å². The summed E-state index contributed by atoms with van der Waals surface area (Å²) in [5.74, 6) is 0.507. The molecule has 4 N–H and O–H groups in total. The second-order valence-corrected chi connectivity index (χ2v) is 6.69. The second-order valence-electron chi connectivity index (χ2n) is 5.68. The molecule has 0 aliphatic carbocycles. The van der Waals surface area contributed by atoms with Crippen molar-refractivity contribution in [2.45, 2.75) is 17.9 Å². The predicted molar refractivity (Wildman–Crippen MR) is 105 cm³/mol. The van der Waals surface area contributed by atoms with Crippen molar-refractivity contribution in [3.05, 3.63) is 54.1 Å². The minimum atomic E-state index is -0.195. The molecular weight excluding hydrogens is 350 g/mol. The molecule has 0 aromatic heterocycles. The van der Waals surface area contributed by atoms with Crippen molar-refractivity contribution < 1.29 is 14.3 Å². The van der Waals surface area contributed by atoms with E-state index in [0.29, 0.717) is 23.5 Å². The van der Waals surface area contributed by atoms with Crippen molar-refractivity contribution in [2.75, 3.05) is 24.7 Å². The van der Waals surface area contributed by atoms with Gasteiger partial charge in [0.2, 0.25) is 5.91 Å². The van der Waals surface area contributed by atoms with Crippen LogP contribution >= 0.6 is 11.8 Å². The lowest BCUT2D eigenvalue weighted by Gasteiger charge is -2.14. The zero-order chi connectivity index (χ0) is 18.9. The summed E-state index contributed by atoms with van der Waals surface area (Å²) >= 11 is 1.31. The van der Waals surface area contributed by atoms with Gasteiger partial charge >= 0.3 is 0 Å². The van der Waals surface area contributed by atoms with E-state index >= 15 is 0 Å². The molecule has 0 aliphatic rings. The van der Waals surface area contributed by atoms with Crippen LogP contribution in [0, 0.1) is 0 Å². The van der Waals surface area contributed by atoms with Crippen LogP contribution in [0.25, 0.3) is 0 Å². The summed E-state index contributed by atoms with van der Waals surface area (Å²) in [6.07, 6.45) is 0. The van der Waals surface area contributed by atoms with E-state index in [1.807, 2.05) is 25.1 Å². The number of amides is 2. The molecule has 6 nitrogen and oxygen atoms in total. The fourth-order valence-electron chi connectivity index (χ4n) is 2.18. The molecule has 2 aromatic carbocycles. The summed E-state index contributed by atoms with van der Waals surface area (Å²) in [4.78, 5) is 25.3. The number of ether oxygens (including phenoxy) is 1. The zero-order valence-corrected chi connectivity index (χ0v) is 15.6. The Balaban J connectivity index is 1.98. The number of carbonyl (C=O) groups excluding carboxylic acids is 2. The van der Waals surface area contributed by atoms with E-state index in [1.54, 1.807) is 37.4 Å². The van der Waals surface area contributed by atoms with Gasteiger partial charge in [0, 0.05) is 29.2 Å². The van der Waals surface area contributed by atoms with Crippen LogP contribution in [0.4, 0.5) is 5.69 Å². The minimum Gasteiger partial charge on any atom is -0.497 e. The molecule has 0 heterocycles. The van der Waals surface area contributed by atoms with Gasteiger partial charge in [0.05, 0.1) is 18.4 Å². The molecule has 0 saturated heterocycles. The topological polar surface area (TPSA) is 93.4 Å². The second kappa shape index (κ2) is 9.84. The van der Waals surface area contributed by atoms with Crippen LogP contribution in [0.3, 0.4) is 0 Å². The average molecular weight is 373 g/mol. The first kappa shape index (κ1) is 19.8. The molecule has 2 aromatic rings. The number of nitrogens with one attached hydrogen (secondary N) is 2. The van der Waals surface area contributed by atoms with Gasteiger partial charge in [-0.1, -0.05) is 18.2 Å². The van der Waals surface area contributed by atoms with E-state index in [0.717, 1.165) is 4.90 Å². The highest BCUT2D eigenvalue weighted by Crippen LogP contribution is 2.23. The third kappa shape index (κ3) is 5.79. The molecular formula is C19H23N3O3S. The van der Waals surface area contributed by atoms with E-state index < -0.39 is 0 Å². The zero-order valence-electron chi connectivity index (χ0n) is 14.8. The first-order valence-electron chi connectivity index (χ1n) is 8.20. The number of anilines is 1. The molecule has 0 bridgehead atoms. The molecule has 1 atom stereocenters. The van der Waals surface area contributed by atoms with Crippen LogP contribution in [0.2, 0.25) is 0 Å². The van der Waals surface area contributed by atoms with Crippen LogP contribution in [0.5, 0.6) is 5.75 Å². The third-order valence-electron chi connectivity index (χ3n) is 3.57. The van der Waals surface area contributed by atoms with Crippen LogP contribution in [0.15, 0.2) is 53.4 Å². The number of methoxy groups -OCH3 is 1. The molecule has 2 amide bonds. The number of nitrogens with two attached hydrogens (primary N) is 1. The Morgan fingerprint density at radius 2 is 1.96 bits per heavy atom. The highest BCUT2D eigenvalue weighted by molar-refractivity contribution is 8.00. The number of carbonyl (C=O) groups is 2. The van der Waals surface area contributed by atoms with Gasteiger partial charge in [0.1, 0.15) is 5.75 Å². The highest BCUT2D eigenvalue weighted by Gasteiger charge is 2.14. The quantitative estimate of drug-likeness (QED) is 0.618. The number of hydrogen-bond acceptors (Lipinski definition) is 5. The van der Waals surface area contributed by atoms with E-state index in [2.05, 4.69) is 10.6 Å². The number of benzene rings is 2. The largest absolute Gasteiger partial charge is 0.497 e. The summed E-state index contributed by atoms with van der Waals surface area (Å²) in [6, 6.07) is 14.2. The smallest absolute Gasteiger partial charge is 0.252 e. The van der Waals surface area contributed by atoms with Crippen molar-refractivity contribution in [3.8, 4) is 5.75 Å². The molecule has 0 radical (unpaired) electrons. The van der Waals surface area contributed by atoms with Crippen LogP contribution in [0.1, 0.15) is 17.3 Å². The fourth-order valence-corrected chi connectivity index (χ4v) is 3.03. The molecule has 0 spiro atoms. The van der Waals surface area contributed by atoms with Crippen molar-refractivity contribution in [3.63, 3.8) is 0 Å². The lowest BCUT2D eigenvalue weighted by molar-refractivity contribution is -0.113. The van der Waals surface area contributed by atoms with E-state index in [-0.39, 0.29) is 23.6 Å². The molecule has 26 heavy (non-hydrogen) atoms. The van der Waals surface area contributed by atoms with E-state index in [4.69, 9.17) is 10.5 Å². The molecule has 2 rings (SSSR count). The van der Waals surface area contributed by atoms with Gasteiger partial charge in [0.15, 0.2) is 0 Å². The number of hydrogen-bond donors (Lipinski definition) is 3. The molecule has 0 fully saturated rings. The molecule has 0 aliphatic heterocycles. The van der Waals surface area contributed by atoms with E-state index in [1.165, 1.54) is 11.8 Å². The lowest BCUT2D eigenvalue weighted by atomic mass is 10.2. The maximum atomic E-state index is 12.3. The summed E-state index contributed by atoms with van der Waals surface area (Å²) in [6.45, 7) is 2.21. The Morgan fingerprint density at radius 1 is 1.19 bits per heavy atom. The Hall–Kier alpha value is -2.51. The summed E-state index contributed by atoms with van der Waals surface area (Å²) in [5, 5.41) is 5.65. The van der Waals surface area contributed by atoms with Gasteiger partial charge in [-0.05, 0) is 31.2 Å². The fraction of sp³-hybridized carbons (Fsp3) is 0.263. The van der Waals surface area contributed by atoms with Gasteiger partial charge in [0.25, 0.3) is 5.91 Å². The van der Waals surface area contributed by atoms with Gasteiger partial charge in [-0.2, -0.15) is 0 Å². The standard InChI is InChI=1S/C19H23N3O3S/c1-13(11-20)21-19(24)16-8-3-4-9-17(16)26-12-18(23)22-14-6-5-7-15(10-14)25-2/h3-10,13H,11-12,20H2,1-2H3,(H,21,24)(H,22,23)/t13-/m0/s1. The normalized spacial score (nSPS) is 11.5. The maximum absolute atomic E-state index is 12.3. The molecule has 0 saturated carbocycles. The third-order valence-corrected chi connectivity index (χ3v) is 4.65. The molecule has 7 heteroatoms. The van der Waals surface area contributed by atoms with Crippen molar-refractivity contribution in [2.24, 2.45) is 5.73 Å². The Kier molecular flexibility index (Phi) is 7.50. The summed E-state index contributed by atoms with van der Waals surface area (Å²) in [7, 11) is 1.57.